The Hall–Kier alpha value is -1.15. The van der Waals surface area contributed by atoms with Crippen LogP contribution in [0.25, 0.3) is 0 Å². The molecule has 0 aromatic carbocycles. The van der Waals surface area contributed by atoms with Crippen molar-refractivity contribution in [3.63, 3.8) is 0 Å². The first-order chi connectivity index (χ1) is 8.50. The summed E-state index contributed by atoms with van der Waals surface area (Å²) < 4.78 is 24.5. The number of likely N-dealkylation sites (N-methyl/N-ethyl adjacent to an activating group) is 1. The van der Waals surface area contributed by atoms with Crippen molar-refractivity contribution in [3.05, 3.63) is 0 Å². The Kier molecular flexibility index (Phi) is 4.26. The van der Waals surface area contributed by atoms with Gasteiger partial charge in [0.15, 0.2) is 0 Å². The summed E-state index contributed by atoms with van der Waals surface area (Å²) in [4.78, 5) is 27.1. The molecule has 1 fully saturated rings. The van der Waals surface area contributed by atoms with Crippen LogP contribution in [-0.4, -0.2) is 79.9 Å². The van der Waals surface area contributed by atoms with E-state index in [9.17, 15) is 18.0 Å². The van der Waals surface area contributed by atoms with E-state index in [4.69, 9.17) is 0 Å². The highest BCUT2D eigenvalue weighted by Gasteiger charge is 2.43. The highest BCUT2D eigenvalue weighted by Crippen LogP contribution is 2.22. The third-order valence-corrected chi connectivity index (χ3v) is 5.09. The first kappa shape index (κ1) is 15.9. The van der Waals surface area contributed by atoms with E-state index < -0.39 is 27.2 Å². The normalized spacial score (nSPS) is 20.0. The highest BCUT2D eigenvalue weighted by molar-refractivity contribution is 7.89. The van der Waals surface area contributed by atoms with Gasteiger partial charge in [0.1, 0.15) is 11.3 Å². The van der Waals surface area contributed by atoms with Crippen LogP contribution in [0.3, 0.4) is 0 Å². The number of amides is 2. The third kappa shape index (κ3) is 3.06. The molecule has 1 aliphatic heterocycles. The molecular formula is C11H21N3O4S. The van der Waals surface area contributed by atoms with Gasteiger partial charge in [-0.1, -0.05) is 0 Å². The highest BCUT2D eigenvalue weighted by atomic mass is 32.2. The Morgan fingerprint density at radius 2 is 1.84 bits per heavy atom. The maximum absolute atomic E-state index is 12.1. The molecule has 0 aromatic rings. The van der Waals surface area contributed by atoms with E-state index in [2.05, 4.69) is 0 Å². The van der Waals surface area contributed by atoms with Crippen LogP contribution >= 0.6 is 0 Å². The molecule has 110 valence electrons. The Morgan fingerprint density at radius 1 is 1.32 bits per heavy atom. The van der Waals surface area contributed by atoms with E-state index in [-0.39, 0.29) is 5.91 Å². The number of hydrogen-bond donors (Lipinski definition) is 0. The molecule has 2 amide bonds. The minimum atomic E-state index is -3.61. The number of nitrogens with zero attached hydrogens (tertiary/aromatic N) is 3. The van der Waals surface area contributed by atoms with Crippen molar-refractivity contribution in [2.24, 2.45) is 0 Å². The van der Waals surface area contributed by atoms with E-state index in [0.717, 1.165) is 4.31 Å². The molecule has 1 heterocycles. The summed E-state index contributed by atoms with van der Waals surface area (Å²) in [5.41, 5.74) is -1.01. The quantitative estimate of drug-likeness (QED) is 0.665. The minimum absolute atomic E-state index is 0.186. The van der Waals surface area contributed by atoms with Crippen molar-refractivity contribution < 1.29 is 18.0 Å². The van der Waals surface area contributed by atoms with E-state index in [0.29, 0.717) is 13.1 Å². The van der Waals surface area contributed by atoms with Crippen molar-refractivity contribution in [2.75, 3.05) is 40.0 Å². The summed E-state index contributed by atoms with van der Waals surface area (Å²) >= 11 is 0. The number of sulfonamides is 1. The lowest BCUT2D eigenvalue weighted by atomic mass is 9.98. The zero-order chi connectivity index (χ0) is 15.0. The predicted molar refractivity (Wildman–Crippen MR) is 70.9 cm³/mol. The molecule has 0 aromatic heterocycles. The smallest absolute Gasteiger partial charge is 0.247 e. The molecule has 0 bridgehead atoms. The molecule has 7 nitrogen and oxygen atoms in total. The monoisotopic (exact) mass is 291 g/mol. The summed E-state index contributed by atoms with van der Waals surface area (Å²) in [7, 11) is 0.814. The van der Waals surface area contributed by atoms with Crippen LogP contribution in [0.4, 0.5) is 0 Å². The van der Waals surface area contributed by atoms with Crippen molar-refractivity contribution in [1.82, 2.24) is 14.1 Å². The van der Waals surface area contributed by atoms with Gasteiger partial charge in [-0.25, -0.2) is 12.7 Å². The van der Waals surface area contributed by atoms with Crippen LogP contribution in [-0.2, 0) is 19.6 Å². The predicted octanol–water partition coefficient (Wildman–Crippen LogP) is -1.04. The molecule has 0 saturated carbocycles. The molecule has 1 aliphatic rings. The minimum Gasteiger partial charge on any atom is -0.342 e. The standard InChI is InChI=1S/C11H21N3O4S/c1-11(2)10(16)13(5)6-7-14(11)9(15)8-19(17,18)12(3)4/h6-8H2,1-5H3. The van der Waals surface area contributed by atoms with Crippen LogP contribution in [0.5, 0.6) is 0 Å². The molecule has 0 atom stereocenters. The van der Waals surface area contributed by atoms with Gasteiger partial charge < -0.3 is 9.80 Å². The molecule has 0 aliphatic carbocycles. The summed E-state index contributed by atoms with van der Waals surface area (Å²) in [5, 5.41) is 0. The van der Waals surface area contributed by atoms with E-state index in [1.807, 2.05) is 0 Å². The van der Waals surface area contributed by atoms with Crippen molar-refractivity contribution in [3.8, 4) is 0 Å². The van der Waals surface area contributed by atoms with Crippen molar-refractivity contribution >= 4 is 21.8 Å². The van der Waals surface area contributed by atoms with Crippen LogP contribution in [0.1, 0.15) is 13.8 Å². The molecule has 8 heteroatoms. The fraction of sp³-hybridized carbons (Fsp3) is 0.818. The first-order valence-corrected chi connectivity index (χ1v) is 7.57. The molecule has 1 saturated heterocycles. The third-order valence-electron chi connectivity index (χ3n) is 3.37. The molecular weight excluding hydrogens is 270 g/mol. The Balaban J connectivity index is 2.92. The maximum Gasteiger partial charge on any atom is 0.247 e. The van der Waals surface area contributed by atoms with Crippen LogP contribution in [0, 0.1) is 0 Å². The van der Waals surface area contributed by atoms with E-state index in [1.54, 1.807) is 25.8 Å². The van der Waals surface area contributed by atoms with E-state index in [1.165, 1.54) is 19.0 Å². The van der Waals surface area contributed by atoms with Gasteiger partial charge in [0, 0.05) is 34.2 Å². The number of hydrogen-bond acceptors (Lipinski definition) is 4. The topological polar surface area (TPSA) is 78.0 Å². The SMILES string of the molecule is CN1CCN(C(=O)CS(=O)(=O)N(C)C)C(C)(C)C1=O. The molecule has 0 unspecified atom stereocenters. The number of piperazine rings is 1. The lowest BCUT2D eigenvalue weighted by molar-refractivity contribution is -0.156. The second-order valence-corrected chi connectivity index (χ2v) is 7.55. The van der Waals surface area contributed by atoms with Crippen LogP contribution < -0.4 is 0 Å². The Morgan fingerprint density at radius 3 is 2.32 bits per heavy atom. The number of carbonyl (C=O) groups is 2. The van der Waals surface area contributed by atoms with Gasteiger partial charge in [-0.3, -0.25) is 9.59 Å². The average Bonchev–Trinajstić information content (AvgIpc) is 2.24. The molecule has 0 radical (unpaired) electrons. The zero-order valence-electron chi connectivity index (χ0n) is 12.0. The second-order valence-electron chi connectivity index (χ2n) is 5.37. The van der Waals surface area contributed by atoms with Gasteiger partial charge in [0.2, 0.25) is 21.8 Å². The first-order valence-electron chi connectivity index (χ1n) is 5.96. The van der Waals surface area contributed by atoms with Crippen molar-refractivity contribution in [2.45, 2.75) is 19.4 Å². The summed E-state index contributed by atoms with van der Waals surface area (Å²) in [6.07, 6.45) is 0. The zero-order valence-corrected chi connectivity index (χ0v) is 12.8. The fourth-order valence-electron chi connectivity index (χ4n) is 2.01. The molecule has 0 spiro atoms. The lowest BCUT2D eigenvalue weighted by Gasteiger charge is -2.44. The van der Waals surface area contributed by atoms with Crippen LogP contribution in [0.15, 0.2) is 0 Å². The van der Waals surface area contributed by atoms with Gasteiger partial charge in [0.25, 0.3) is 0 Å². The average molecular weight is 291 g/mol. The number of carbonyl (C=O) groups excluding carboxylic acids is 2. The van der Waals surface area contributed by atoms with Gasteiger partial charge in [0.05, 0.1) is 0 Å². The summed E-state index contributed by atoms with van der Waals surface area (Å²) in [5.74, 6) is -1.34. The number of rotatable bonds is 3. The Bertz CT molecular complexity index is 484. The van der Waals surface area contributed by atoms with Gasteiger partial charge in [-0.05, 0) is 13.8 Å². The van der Waals surface area contributed by atoms with Gasteiger partial charge in [-0.2, -0.15) is 0 Å². The maximum atomic E-state index is 12.1. The van der Waals surface area contributed by atoms with Gasteiger partial charge in [-0.15, -0.1) is 0 Å². The van der Waals surface area contributed by atoms with Gasteiger partial charge >= 0.3 is 0 Å². The largest absolute Gasteiger partial charge is 0.342 e. The Labute approximate surface area is 114 Å². The fourth-order valence-corrected chi connectivity index (χ4v) is 2.74. The lowest BCUT2D eigenvalue weighted by Crippen LogP contribution is -2.64. The van der Waals surface area contributed by atoms with Crippen molar-refractivity contribution in [1.29, 1.82) is 0 Å². The molecule has 1 rings (SSSR count). The second kappa shape index (κ2) is 5.09. The van der Waals surface area contributed by atoms with Crippen LogP contribution in [0.2, 0.25) is 0 Å². The molecule has 0 N–H and O–H groups in total. The van der Waals surface area contributed by atoms with E-state index >= 15 is 0 Å². The summed E-state index contributed by atoms with van der Waals surface area (Å²) in [6.45, 7) is 4.02. The molecule has 19 heavy (non-hydrogen) atoms. The summed E-state index contributed by atoms with van der Waals surface area (Å²) in [6, 6.07) is 0.